The number of thioether (sulfide) groups is 1. The second-order valence-electron chi connectivity index (χ2n) is 7.92. The topological polar surface area (TPSA) is 79.4 Å². The number of amides is 2. The van der Waals surface area contributed by atoms with Gasteiger partial charge >= 0.3 is 6.18 Å². The Balaban J connectivity index is 0.000000429. The first-order chi connectivity index (χ1) is 16.6. The van der Waals surface area contributed by atoms with Gasteiger partial charge in [-0.25, -0.2) is 0 Å². The van der Waals surface area contributed by atoms with E-state index < -0.39 is 12.0 Å². The largest absolute Gasteiger partial charge is 0.449 e. The van der Waals surface area contributed by atoms with Crippen LogP contribution in [0, 0.1) is 6.92 Å². The maximum Gasteiger partial charge on any atom is 0.449 e. The third-order valence-corrected chi connectivity index (χ3v) is 6.08. The van der Waals surface area contributed by atoms with Crippen molar-refractivity contribution in [1.82, 2.24) is 4.98 Å². The molecule has 10 heteroatoms. The lowest BCUT2D eigenvalue weighted by molar-refractivity contribution is -0.168. The van der Waals surface area contributed by atoms with Gasteiger partial charge in [-0.1, -0.05) is 47.7 Å². The third-order valence-electron chi connectivity index (χ3n) is 5.21. The number of ketones is 1. The summed E-state index contributed by atoms with van der Waals surface area (Å²) < 4.78 is 32.5. The predicted molar refractivity (Wildman–Crippen MR) is 132 cm³/mol. The van der Waals surface area contributed by atoms with Crippen molar-refractivity contribution in [3.05, 3.63) is 65.9 Å². The Morgan fingerprint density at radius 1 is 1.11 bits per heavy atom. The van der Waals surface area contributed by atoms with Gasteiger partial charge < -0.3 is 10.2 Å². The minimum Gasteiger partial charge on any atom is -0.323 e. The molecule has 0 aliphatic carbocycles. The normalized spacial score (nSPS) is 12.9. The highest BCUT2D eigenvalue weighted by atomic mass is 32.2. The number of pyridine rings is 1. The number of rotatable bonds is 3. The highest BCUT2D eigenvalue weighted by Crippen LogP contribution is 2.30. The summed E-state index contributed by atoms with van der Waals surface area (Å²) in [6, 6.07) is 15.6. The fourth-order valence-corrected chi connectivity index (χ4v) is 4.18. The molecule has 0 atom stereocenters. The SMILES string of the molecule is CC(=O)C(F)(F)F.Cc1ccc2c(c1)CCCN2C(=O)SCC(=O)Nc1cccc2cccnc12. The van der Waals surface area contributed by atoms with E-state index in [1.807, 2.05) is 42.5 Å². The van der Waals surface area contributed by atoms with E-state index in [0.29, 0.717) is 19.2 Å². The minimum atomic E-state index is -4.64. The van der Waals surface area contributed by atoms with Gasteiger partial charge in [0.15, 0.2) is 0 Å². The van der Waals surface area contributed by atoms with Gasteiger partial charge in [0.2, 0.25) is 11.7 Å². The fraction of sp³-hybridized carbons (Fsp3) is 0.280. The number of carbonyl (C=O) groups is 3. The summed E-state index contributed by atoms with van der Waals surface area (Å²) in [7, 11) is 0. The third kappa shape index (κ3) is 7.05. The highest BCUT2D eigenvalue weighted by molar-refractivity contribution is 8.14. The molecule has 35 heavy (non-hydrogen) atoms. The summed E-state index contributed by atoms with van der Waals surface area (Å²) >= 11 is 1.04. The Morgan fingerprint density at radius 2 is 1.83 bits per heavy atom. The average molecular weight is 504 g/mol. The van der Waals surface area contributed by atoms with Crippen molar-refractivity contribution >= 4 is 51.0 Å². The monoisotopic (exact) mass is 503 g/mol. The van der Waals surface area contributed by atoms with E-state index >= 15 is 0 Å². The van der Waals surface area contributed by atoms with Crippen LogP contribution >= 0.6 is 11.8 Å². The number of benzene rings is 2. The number of carbonyl (C=O) groups excluding carboxylic acids is 3. The smallest absolute Gasteiger partial charge is 0.323 e. The molecule has 1 aromatic heterocycles. The zero-order valence-electron chi connectivity index (χ0n) is 19.2. The number of fused-ring (bicyclic) bond motifs is 2. The van der Waals surface area contributed by atoms with Crippen molar-refractivity contribution in [3.63, 3.8) is 0 Å². The summed E-state index contributed by atoms with van der Waals surface area (Å²) in [5.74, 6) is -1.90. The van der Waals surface area contributed by atoms with Crippen LogP contribution in [0.5, 0.6) is 0 Å². The molecule has 2 heterocycles. The first kappa shape index (κ1) is 26.2. The summed E-state index contributed by atoms with van der Waals surface area (Å²) in [6.45, 7) is 3.24. The van der Waals surface area contributed by atoms with Crippen LogP contribution in [-0.2, 0) is 16.0 Å². The lowest BCUT2D eigenvalue weighted by Crippen LogP contribution is -2.33. The van der Waals surface area contributed by atoms with Gasteiger partial charge in [-0.2, -0.15) is 13.2 Å². The van der Waals surface area contributed by atoms with Gasteiger partial charge in [0.1, 0.15) is 0 Å². The Labute approximate surface area is 204 Å². The molecule has 0 saturated carbocycles. The number of alkyl halides is 3. The van der Waals surface area contributed by atoms with Crippen LogP contribution in [0.4, 0.5) is 29.3 Å². The molecule has 1 aliphatic rings. The maximum absolute atomic E-state index is 12.7. The van der Waals surface area contributed by atoms with Gasteiger partial charge in [-0.15, -0.1) is 0 Å². The summed E-state index contributed by atoms with van der Waals surface area (Å²) in [5.41, 5.74) is 4.77. The first-order valence-electron chi connectivity index (χ1n) is 10.8. The van der Waals surface area contributed by atoms with Gasteiger partial charge in [-0.05, 0) is 43.5 Å². The molecule has 0 spiro atoms. The van der Waals surface area contributed by atoms with Crippen LogP contribution in [0.1, 0.15) is 24.5 Å². The molecule has 6 nitrogen and oxygen atoms in total. The number of Topliss-reactive ketones (excluding diaryl/α,β-unsaturated/α-hetero) is 1. The highest BCUT2D eigenvalue weighted by Gasteiger charge is 2.33. The van der Waals surface area contributed by atoms with Gasteiger partial charge in [0, 0.05) is 30.7 Å². The molecule has 0 radical (unpaired) electrons. The van der Waals surface area contributed by atoms with E-state index in [4.69, 9.17) is 0 Å². The van der Waals surface area contributed by atoms with Crippen LogP contribution in [0.2, 0.25) is 0 Å². The summed E-state index contributed by atoms with van der Waals surface area (Å²) in [4.78, 5) is 40.6. The van der Waals surface area contributed by atoms with Gasteiger partial charge in [0.25, 0.3) is 5.24 Å². The van der Waals surface area contributed by atoms with Crippen molar-refractivity contribution < 1.29 is 27.6 Å². The Bertz CT molecular complexity index is 1240. The van der Waals surface area contributed by atoms with Crippen LogP contribution in [0.25, 0.3) is 10.9 Å². The number of aromatic nitrogens is 1. The van der Waals surface area contributed by atoms with E-state index in [9.17, 15) is 27.6 Å². The van der Waals surface area contributed by atoms with Crippen molar-refractivity contribution in [2.24, 2.45) is 0 Å². The number of hydrogen-bond acceptors (Lipinski definition) is 5. The number of hydrogen-bond donors (Lipinski definition) is 1. The lowest BCUT2D eigenvalue weighted by Gasteiger charge is -2.29. The lowest BCUT2D eigenvalue weighted by atomic mass is 10.0. The molecule has 2 amide bonds. The maximum atomic E-state index is 12.7. The molecule has 0 bridgehead atoms. The van der Waals surface area contributed by atoms with Gasteiger partial charge in [0.05, 0.1) is 17.0 Å². The van der Waals surface area contributed by atoms with E-state index in [1.54, 1.807) is 11.1 Å². The summed E-state index contributed by atoms with van der Waals surface area (Å²) in [5, 5.41) is 3.75. The standard InChI is InChI=1S/C22H21N3O2S.C3H3F3O/c1-15-9-10-19-17(13-15)7-4-12-25(19)22(27)28-14-20(26)24-18-8-2-5-16-6-3-11-23-21(16)18;1-2(7)3(4,5)6/h2-3,5-6,8-11,13H,4,7,12,14H2,1H3,(H,24,26);1H3. The molecule has 184 valence electrons. The number of nitrogens with zero attached hydrogens (tertiary/aromatic N) is 2. The molecule has 1 aliphatic heterocycles. The molecule has 2 aromatic carbocycles. The Morgan fingerprint density at radius 3 is 2.54 bits per heavy atom. The van der Waals surface area contributed by atoms with E-state index in [0.717, 1.165) is 41.2 Å². The second-order valence-corrected chi connectivity index (χ2v) is 8.85. The van der Waals surface area contributed by atoms with Crippen molar-refractivity contribution in [2.45, 2.75) is 32.9 Å². The average Bonchev–Trinajstić information content (AvgIpc) is 2.82. The fourth-order valence-electron chi connectivity index (χ4n) is 3.51. The second kappa shape index (κ2) is 11.4. The first-order valence-corrected chi connectivity index (χ1v) is 11.8. The van der Waals surface area contributed by atoms with E-state index in [-0.39, 0.29) is 16.9 Å². The van der Waals surface area contributed by atoms with Crippen molar-refractivity contribution in [2.75, 3.05) is 22.5 Å². The van der Waals surface area contributed by atoms with E-state index in [1.165, 1.54) is 11.1 Å². The molecule has 0 saturated heterocycles. The molecule has 3 aromatic rings. The molecule has 0 fully saturated rings. The van der Waals surface area contributed by atoms with Crippen LogP contribution in [0.3, 0.4) is 0 Å². The zero-order valence-corrected chi connectivity index (χ0v) is 20.0. The molecular formula is C25H24F3N3O3S. The van der Waals surface area contributed by atoms with Crippen LogP contribution in [-0.4, -0.2) is 40.4 Å². The number of para-hydroxylation sites is 1. The van der Waals surface area contributed by atoms with Gasteiger partial charge in [-0.3, -0.25) is 19.4 Å². The number of nitrogens with one attached hydrogen (secondary N) is 1. The number of aryl methyl sites for hydroxylation is 2. The molecule has 1 N–H and O–H groups in total. The quantitative estimate of drug-likeness (QED) is 0.480. The Kier molecular flexibility index (Phi) is 8.50. The zero-order chi connectivity index (χ0) is 25.6. The molecular weight excluding hydrogens is 479 g/mol. The Hall–Kier alpha value is -3.40. The van der Waals surface area contributed by atoms with Crippen molar-refractivity contribution in [3.8, 4) is 0 Å². The van der Waals surface area contributed by atoms with Crippen LogP contribution < -0.4 is 10.2 Å². The molecule has 4 rings (SSSR count). The minimum absolute atomic E-state index is 0.0692. The molecule has 0 unspecified atom stereocenters. The predicted octanol–water partition coefficient (Wildman–Crippen LogP) is 5.93. The van der Waals surface area contributed by atoms with Crippen molar-refractivity contribution in [1.29, 1.82) is 0 Å². The summed E-state index contributed by atoms with van der Waals surface area (Å²) in [6.07, 6.45) is -1.01. The number of halogens is 3. The van der Waals surface area contributed by atoms with E-state index in [2.05, 4.69) is 23.3 Å². The number of anilines is 2. The van der Waals surface area contributed by atoms with Crippen LogP contribution in [0.15, 0.2) is 54.7 Å².